The minimum Gasteiger partial charge on any atom is -0.290 e. The Morgan fingerprint density at radius 2 is 1.83 bits per heavy atom. The zero-order valence-electron chi connectivity index (χ0n) is 12.9. The van der Waals surface area contributed by atoms with Gasteiger partial charge in [-0.15, -0.1) is 0 Å². The van der Waals surface area contributed by atoms with E-state index >= 15 is 0 Å². The van der Waals surface area contributed by atoms with E-state index in [2.05, 4.69) is 17.4 Å². The van der Waals surface area contributed by atoms with Crippen LogP contribution in [0.1, 0.15) is 22.8 Å². The molecule has 1 aromatic heterocycles. The second-order valence-electron chi connectivity index (χ2n) is 5.20. The average Bonchev–Trinajstić information content (AvgIpc) is 3.07. The Bertz CT molecular complexity index is 807. The van der Waals surface area contributed by atoms with Crippen LogP contribution in [0.15, 0.2) is 60.8 Å². The van der Waals surface area contributed by atoms with Gasteiger partial charge in [0.2, 0.25) is 0 Å². The molecule has 0 aliphatic carbocycles. The van der Waals surface area contributed by atoms with E-state index in [9.17, 15) is 4.79 Å². The zero-order chi connectivity index (χ0) is 16.2. The number of carbonyl (C=O) groups is 1. The van der Waals surface area contributed by atoms with Crippen LogP contribution in [0.5, 0.6) is 0 Å². The van der Waals surface area contributed by atoms with Crippen molar-refractivity contribution in [2.24, 2.45) is 5.84 Å². The van der Waals surface area contributed by atoms with Crippen LogP contribution in [0, 0.1) is 0 Å². The van der Waals surface area contributed by atoms with Crippen LogP contribution in [-0.4, -0.2) is 15.7 Å². The van der Waals surface area contributed by atoms with Crippen LogP contribution >= 0.6 is 0 Å². The molecule has 1 heterocycles. The zero-order valence-corrected chi connectivity index (χ0v) is 12.9. The van der Waals surface area contributed by atoms with Gasteiger partial charge in [-0.2, -0.15) is 5.10 Å². The Balaban J connectivity index is 2.10. The minimum absolute atomic E-state index is 0.359. The summed E-state index contributed by atoms with van der Waals surface area (Å²) in [4.78, 5) is 12.1. The topological polar surface area (TPSA) is 72.9 Å². The third-order valence-corrected chi connectivity index (χ3v) is 3.75. The first-order valence-corrected chi connectivity index (χ1v) is 7.48. The van der Waals surface area contributed by atoms with E-state index in [0.717, 1.165) is 17.7 Å². The molecular weight excluding hydrogens is 288 g/mol. The molecule has 0 fully saturated rings. The largest absolute Gasteiger partial charge is 0.290 e. The number of hydrazine groups is 1. The van der Waals surface area contributed by atoms with Crippen LogP contribution in [-0.2, 0) is 6.42 Å². The van der Waals surface area contributed by atoms with Gasteiger partial charge in [-0.3, -0.25) is 10.2 Å². The molecule has 3 N–H and O–H groups in total. The highest BCUT2D eigenvalue weighted by Gasteiger charge is 2.17. The molecule has 116 valence electrons. The molecule has 0 saturated carbocycles. The molecular formula is C18H18N4O. The van der Waals surface area contributed by atoms with Gasteiger partial charge in [0.05, 0.1) is 11.3 Å². The number of hydrogen-bond acceptors (Lipinski definition) is 3. The Hall–Kier alpha value is -2.92. The fourth-order valence-electron chi connectivity index (χ4n) is 2.44. The number of amides is 1. The van der Waals surface area contributed by atoms with E-state index in [1.54, 1.807) is 10.9 Å². The lowest BCUT2D eigenvalue weighted by Crippen LogP contribution is -2.30. The van der Waals surface area contributed by atoms with Crippen molar-refractivity contribution in [1.29, 1.82) is 0 Å². The Morgan fingerprint density at radius 1 is 1.13 bits per heavy atom. The maximum Gasteiger partial charge on any atom is 0.269 e. The summed E-state index contributed by atoms with van der Waals surface area (Å²) in [5, 5.41) is 4.58. The number of aryl methyl sites for hydroxylation is 1. The summed E-state index contributed by atoms with van der Waals surface area (Å²) in [6, 6.07) is 17.7. The van der Waals surface area contributed by atoms with Gasteiger partial charge in [0.15, 0.2) is 0 Å². The van der Waals surface area contributed by atoms with E-state index in [-0.39, 0.29) is 5.91 Å². The van der Waals surface area contributed by atoms with Gasteiger partial charge < -0.3 is 0 Å². The highest BCUT2D eigenvalue weighted by Crippen LogP contribution is 2.24. The lowest BCUT2D eigenvalue weighted by molar-refractivity contribution is 0.0954. The number of nitrogen functional groups attached to an aromatic ring is 1. The molecule has 3 rings (SSSR count). The maximum atomic E-state index is 12.1. The van der Waals surface area contributed by atoms with Crippen LogP contribution in [0.4, 0.5) is 0 Å². The van der Waals surface area contributed by atoms with Gasteiger partial charge in [0.1, 0.15) is 5.69 Å². The van der Waals surface area contributed by atoms with Crippen molar-refractivity contribution in [2.75, 3.05) is 0 Å². The van der Waals surface area contributed by atoms with Crippen LogP contribution in [0.2, 0.25) is 0 Å². The van der Waals surface area contributed by atoms with Crippen LogP contribution in [0.3, 0.4) is 0 Å². The molecule has 2 aromatic carbocycles. The maximum absolute atomic E-state index is 12.1. The molecule has 5 nitrogen and oxygen atoms in total. The van der Waals surface area contributed by atoms with Crippen molar-refractivity contribution >= 4 is 5.91 Å². The summed E-state index contributed by atoms with van der Waals surface area (Å²) in [6.45, 7) is 2.10. The van der Waals surface area contributed by atoms with Crippen LogP contribution < -0.4 is 11.3 Å². The normalized spacial score (nSPS) is 10.5. The molecule has 0 unspecified atom stereocenters. The Morgan fingerprint density at radius 3 is 2.43 bits per heavy atom. The first-order chi connectivity index (χ1) is 11.2. The number of rotatable bonds is 4. The SMILES string of the molecule is CCc1ccc(-c2nn(-c3ccccc3)cc2C(=O)NN)cc1. The molecule has 0 radical (unpaired) electrons. The van der Waals surface area contributed by atoms with Gasteiger partial charge in [-0.25, -0.2) is 10.5 Å². The minimum atomic E-state index is -0.359. The summed E-state index contributed by atoms with van der Waals surface area (Å²) in [5.74, 6) is 4.95. The van der Waals surface area contributed by atoms with Crippen molar-refractivity contribution in [3.05, 3.63) is 71.9 Å². The number of nitrogens with one attached hydrogen (secondary N) is 1. The lowest BCUT2D eigenvalue weighted by Gasteiger charge is -2.03. The van der Waals surface area contributed by atoms with E-state index in [1.807, 2.05) is 54.6 Å². The molecule has 23 heavy (non-hydrogen) atoms. The standard InChI is InChI=1S/C18H18N4O/c1-2-13-8-10-14(11-9-13)17-16(18(23)20-19)12-22(21-17)15-6-4-3-5-7-15/h3-12H,2,19H2,1H3,(H,20,23). The van der Waals surface area contributed by atoms with Crippen molar-refractivity contribution in [2.45, 2.75) is 13.3 Å². The quantitative estimate of drug-likeness (QED) is 0.442. The van der Waals surface area contributed by atoms with Gasteiger partial charge in [0, 0.05) is 11.8 Å². The van der Waals surface area contributed by atoms with E-state index in [0.29, 0.717) is 11.3 Å². The second kappa shape index (κ2) is 6.46. The molecule has 1 amide bonds. The van der Waals surface area contributed by atoms with E-state index in [1.165, 1.54) is 5.56 Å². The number of hydrogen-bond donors (Lipinski definition) is 2. The number of benzene rings is 2. The van der Waals surface area contributed by atoms with Crippen molar-refractivity contribution in [3.63, 3.8) is 0 Å². The predicted octanol–water partition coefficient (Wildman–Crippen LogP) is 2.71. The smallest absolute Gasteiger partial charge is 0.269 e. The molecule has 5 heteroatoms. The summed E-state index contributed by atoms with van der Waals surface area (Å²) in [7, 11) is 0. The molecule has 0 aliphatic rings. The van der Waals surface area contributed by atoms with Gasteiger partial charge in [-0.1, -0.05) is 49.4 Å². The molecule has 0 aliphatic heterocycles. The van der Waals surface area contributed by atoms with Crippen molar-refractivity contribution in [3.8, 4) is 16.9 Å². The average molecular weight is 306 g/mol. The predicted molar refractivity (Wildman–Crippen MR) is 90.0 cm³/mol. The van der Waals surface area contributed by atoms with Crippen LogP contribution in [0.25, 0.3) is 16.9 Å². The van der Waals surface area contributed by atoms with Gasteiger partial charge in [0.25, 0.3) is 5.91 Å². The summed E-state index contributed by atoms with van der Waals surface area (Å²) < 4.78 is 1.69. The molecule has 0 saturated heterocycles. The lowest BCUT2D eigenvalue weighted by atomic mass is 10.0. The molecule has 0 spiro atoms. The number of nitrogens with zero attached hydrogens (tertiary/aromatic N) is 2. The monoisotopic (exact) mass is 306 g/mol. The van der Waals surface area contributed by atoms with Crippen molar-refractivity contribution < 1.29 is 4.79 Å². The Kier molecular flexibility index (Phi) is 4.21. The fourth-order valence-corrected chi connectivity index (χ4v) is 2.44. The highest BCUT2D eigenvalue weighted by atomic mass is 16.2. The second-order valence-corrected chi connectivity index (χ2v) is 5.20. The first-order valence-electron chi connectivity index (χ1n) is 7.48. The van der Waals surface area contributed by atoms with Gasteiger partial charge in [-0.05, 0) is 24.1 Å². The highest BCUT2D eigenvalue weighted by molar-refractivity contribution is 5.99. The molecule has 3 aromatic rings. The fraction of sp³-hybridized carbons (Fsp3) is 0.111. The molecule has 0 atom stereocenters. The number of para-hydroxylation sites is 1. The third-order valence-electron chi connectivity index (χ3n) is 3.75. The first kappa shape index (κ1) is 15.0. The summed E-state index contributed by atoms with van der Waals surface area (Å²) in [5.41, 5.74) is 6.25. The van der Waals surface area contributed by atoms with Gasteiger partial charge >= 0.3 is 0 Å². The van der Waals surface area contributed by atoms with E-state index in [4.69, 9.17) is 5.84 Å². The molecule has 0 bridgehead atoms. The van der Waals surface area contributed by atoms with Crippen molar-refractivity contribution in [1.82, 2.24) is 15.2 Å². The third kappa shape index (κ3) is 3.00. The number of aromatic nitrogens is 2. The summed E-state index contributed by atoms with van der Waals surface area (Å²) >= 11 is 0. The Labute approximate surface area is 134 Å². The van der Waals surface area contributed by atoms with E-state index < -0.39 is 0 Å². The summed E-state index contributed by atoms with van der Waals surface area (Å²) in [6.07, 6.45) is 2.66. The number of nitrogens with two attached hydrogens (primary N) is 1. The number of carbonyl (C=O) groups excluding carboxylic acids is 1.